The van der Waals surface area contributed by atoms with Crippen LogP contribution in [0.15, 0.2) is 55.2 Å². The molecular formula is C23H26ClN5O2. The van der Waals surface area contributed by atoms with Crippen LogP contribution in [0, 0.1) is 0 Å². The lowest BCUT2D eigenvalue weighted by atomic mass is 9.96. The third-order valence-corrected chi connectivity index (χ3v) is 5.44. The molecule has 5 N–H and O–H groups in total. The maximum Gasteiger partial charge on any atom is 0.255 e. The molecule has 1 aromatic heterocycles. The van der Waals surface area contributed by atoms with Crippen LogP contribution in [0.2, 0.25) is 5.02 Å². The van der Waals surface area contributed by atoms with Crippen LogP contribution in [0.1, 0.15) is 35.0 Å². The SMILES string of the molecule is C=C(N)/C=C\C(=C/N)c1c(CC)ncnc1-c1ccc(C(=O)N2CC[C@H](O)C2)c(Cl)c1. The molecule has 0 unspecified atom stereocenters. The fraction of sp³-hybridized carbons (Fsp3) is 0.261. The average molecular weight is 440 g/mol. The second kappa shape index (κ2) is 9.76. The van der Waals surface area contributed by atoms with Crippen molar-refractivity contribution in [1.82, 2.24) is 14.9 Å². The third-order valence-electron chi connectivity index (χ3n) is 5.13. The number of β-amino-alcohol motifs (C(OH)–C–C–N with tert-alkyl or cyclic N) is 1. The molecule has 2 heterocycles. The number of nitrogens with two attached hydrogens (primary N) is 2. The highest BCUT2D eigenvalue weighted by Crippen LogP contribution is 2.33. The summed E-state index contributed by atoms with van der Waals surface area (Å²) in [7, 11) is 0. The molecule has 1 aliphatic heterocycles. The Balaban J connectivity index is 2.04. The molecule has 0 spiro atoms. The molecule has 0 bridgehead atoms. The predicted molar refractivity (Wildman–Crippen MR) is 123 cm³/mol. The summed E-state index contributed by atoms with van der Waals surface area (Å²) in [5.74, 6) is -0.197. The molecule has 7 nitrogen and oxygen atoms in total. The van der Waals surface area contributed by atoms with Crippen molar-refractivity contribution in [3.8, 4) is 11.3 Å². The number of hydrogen-bond donors (Lipinski definition) is 3. The van der Waals surface area contributed by atoms with Gasteiger partial charge in [-0.1, -0.05) is 37.2 Å². The number of hydrogen-bond acceptors (Lipinski definition) is 6. The summed E-state index contributed by atoms with van der Waals surface area (Å²) in [6, 6.07) is 5.20. The first-order chi connectivity index (χ1) is 14.8. The molecule has 162 valence electrons. The topological polar surface area (TPSA) is 118 Å². The van der Waals surface area contributed by atoms with E-state index in [1.165, 1.54) is 12.5 Å². The van der Waals surface area contributed by atoms with Gasteiger partial charge in [-0.15, -0.1) is 0 Å². The molecule has 31 heavy (non-hydrogen) atoms. The van der Waals surface area contributed by atoms with Crippen LogP contribution in [0.25, 0.3) is 16.8 Å². The van der Waals surface area contributed by atoms with E-state index >= 15 is 0 Å². The molecule has 8 heteroatoms. The van der Waals surface area contributed by atoms with Crippen LogP contribution in [0.4, 0.5) is 0 Å². The lowest BCUT2D eigenvalue weighted by molar-refractivity contribution is 0.0765. The Bertz CT molecular complexity index is 1060. The third kappa shape index (κ3) is 4.95. The number of amides is 1. The zero-order valence-corrected chi connectivity index (χ0v) is 18.1. The van der Waals surface area contributed by atoms with Crippen LogP contribution >= 0.6 is 11.6 Å². The minimum absolute atomic E-state index is 0.197. The van der Waals surface area contributed by atoms with Crippen LogP contribution in [-0.4, -0.2) is 45.1 Å². The lowest BCUT2D eigenvalue weighted by Gasteiger charge is -2.17. The Morgan fingerprint density at radius 1 is 1.39 bits per heavy atom. The van der Waals surface area contributed by atoms with E-state index in [-0.39, 0.29) is 5.91 Å². The van der Waals surface area contributed by atoms with E-state index in [4.69, 9.17) is 23.1 Å². The number of carbonyl (C=O) groups is 1. The van der Waals surface area contributed by atoms with Gasteiger partial charge in [-0.25, -0.2) is 9.97 Å². The standard InChI is InChI=1S/C23H26ClN5O2/c1-3-20-21(16(11-25)5-4-14(2)26)22(28-13-27-20)15-6-7-18(19(24)10-15)23(31)29-9-8-17(30)12-29/h4-7,10-11,13,17,30H,2-3,8-9,12,25-26H2,1H3/b5-4-,16-11+/t17-/m0/s1. The quantitative estimate of drug-likeness (QED) is 0.595. The molecule has 1 aliphatic rings. The summed E-state index contributed by atoms with van der Waals surface area (Å²) >= 11 is 6.50. The van der Waals surface area contributed by atoms with Gasteiger partial charge in [0, 0.05) is 41.7 Å². The Morgan fingerprint density at radius 3 is 2.74 bits per heavy atom. The highest BCUT2D eigenvalue weighted by Gasteiger charge is 2.27. The molecular weight excluding hydrogens is 414 g/mol. The fourth-order valence-electron chi connectivity index (χ4n) is 3.56. The molecule has 1 atom stereocenters. The number of carbonyl (C=O) groups excluding carboxylic acids is 1. The van der Waals surface area contributed by atoms with Gasteiger partial charge in [0.2, 0.25) is 0 Å². The monoisotopic (exact) mass is 439 g/mol. The lowest BCUT2D eigenvalue weighted by Crippen LogP contribution is -2.29. The summed E-state index contributed by atoms with van der Waals surface area (Å²) in [4.78, 5) is 23.3. The fourth-order valence-corrected chi connectivity index (χ4v) is 3.83. The minimum Gasteiger partial charge on any atom is -0.404 e. The largest absolute Gasteiger partial charge is 0.404 e. The van der Waals surface area contributed by atoms with Crippen LogP contribution in [-0.2, 0) is 6.42 Å². The minimum atomic E-state index is -0.489. The highest BCUT2D eigenvalue weighted by atomic mass is 35.5. The summed E-state index contributed by atoms with van der Waals surface area (Å²) < 4.78 is 0. The van der Waals surface area contributed by atoms with Crippen molar-refractivity contribution in [3.63, 3.8) is 0 Å². The zero-order chi connectivity index (χ0) is 22.5. The number of halogens is 1. The highest BCUT2D eigenvalue weighted by molar-refractivity contribution is 6.34. The van der Waals surface area contributed by atoms with Crippen molar-refractivity contribution in [1.29, 1.82) is 0 Å². The van der Waals surface area contributed by atoms with Crippen molar-refractivity contribution in [3.05, 3.63) is 77.0 Å². The van der Waals surface area contributed by atoms with Crippen molar-refractivity contribution in [2.24, 2.45) is 11.5 Å². The van der Waals surface area contributed by atoms with E-state index < -0.39 is 6.10 Å². The molecule has 1 aromatic carbocycles. The van der Waals surface area contributed by atoms with Crippen LogP contribution < -0.4 is 11.5 Å². The summed E-state index contributed by atoms with van der Waals surface area (Å²) in [6.07, 6.45) is 7.14. The molecule has 0 saturated carbocycles. The van der Waals surface area contributed by atoms with Crippen LogP contribution in [0.5, 0.6) is 0 Å². The predicted octanol–water partition coefficient (Wildman–Crippen LogP) is 2.89. The van der Waals surface area contributed by atoms with Crippen molar-refractivity contribution in [2.75, 3.05) is 13.1 Å². The number of nitrogens with zero attached hydrogens (tertiary/aromatic N) is 3. The summed E-state index contributed by atoms with van der Waals surface area (Å²) in [5.41, 5.74) is 16.0. The van der Waals surface area contributed by atoms with Crippen molar-refractivity contribution in [2.45, 2.75) is 25.9 Å². The van der Waals surface area contributed by atoms with E-state index in [9.17, 15) is 9.90 Å². The number of aliphatic hydroxyl groups is 1. The first-order valence-corrected chi connectivity index (χ1v) is 10.4. The Hall–Kier alpha value is -3.16. The summed E-state index contributed by atoms with van der Waals surface area (Å²) in [5, 5.41) is 10.0. The summed E-state index contributed by atoms with van der Waals surface area (Å²) in [6.45, 7) is 6.50. The number of aromatic nitrogens is 2. The Labute approximate surface area is 186 Å². The number of benzene rings is 1. The van der Waals surface area contributed by atoms with E-state index in [2.05, 4.69) is 16.5 Å². The molecule has 3 rings (SSSR count). The number of aryl methyl sites for hydroxylation is 1. The number of aliphatic hydroxyl groups excluding tert-OH is 1. The van der Waals surface area contributed by atoms with Crippen LogP contribution in [0.3, 0.4) is 0 Å². The molecule has 0 radical (unpaired) electrons. The molecule has 1 fully saturated rings. The molecule has 1 amide bonds. The van der Waals surface area contributed by atoms with Gasteiger partial charge in [-0.05, 0) is 31.1 Å². The average Bonchev–Trinajstić information content (AvgIpc) is 3.19. The van der Waals surface area contributed by atoms with E-state index in [1.807, 2.05) is 6.92 Å². The van der Waals surface area contributed by atoms with Gasteiger partial charge in [-0.2, -0.15) is 0 Å². The van der Waals surface area contributed by atoms with Gasteiger partial charge in [-0.3, -0.25) is 4.79 Å². The number of allylic oxidation sites excluding steroid dienone is 3. The molecule has 2 aromatic rings. The maximum absolute atomic E-state index is 12.8. The number of likely N-dealkylation sites (tertiary alicyclic amines) is 1. The van der Waals surface area contributed by atoms with Crippen molar-refractivity contribution >= 4 is 23.1 Å². The van der Waals surface area contributed by atoms with Gasteiger partial charge in [0.25, 0.3) is 5.91 Å². The first-order valence-electron chi connectivity index (χ1n) is 10.0. The first kappa shape index (κ1) is 22.5. The normalized spacial score (nSPS) is 16.8. The Kier molecular flexibility index (Phi) is 7.09. The van der Waals surface area contributed by atoms with Gasteiger partial charge >= 0.3 is 0 Å². The Morgan fingerprint density at radius 2 is 2.16 bits per heavy atom. The van der Waals surface area contributed by atoms with Gasteiger partial charge in [0.15, 0.2) is 0 Å². The van der Waals surface area contributed by atoms with E-state index in [1.54, 1.807) is 35.3 Å². The zero-order valence-electron chi connectivity index (χ0n) is 17.4. The maximum atomic E-state index is 12.8. The van der Waals surface area contributed by atoms with Crippen molar-refractivity contribution < 1.29 is 9.90 Å². The van der Waals surface area contributed by atoms with Gasteiger partial charge in [0.1, 0.15) is 6.33 Å². The molecule has 0 aliphatic carbocycles. The number of rotatable bonds is 6. The van der Waals surface area contributed by atoms with Gasteiger partial charge < -0.3 is 21.5 Å². The van der Waals surface area contributed by atoms with E-state index in [0.29, 0.717) is 53.5 Å². The van der Waals surface area contributed by atoms with Gasteiger partial charge in [0.05, 0.1) is 28.1 Å². The molecule has 1 saturated heterocycles. The smallest absolute Gasteiger partial charge is 0.255 e. The second-order valence-corrected chi connectivity index (χ2v) is 7.72. The second-order valence-electron chi connectivity index (χ2n) is 7.32. The van der Waals surface area contributed by atoms with E-state index in [0.717, 1.165) is 16.8 Å².